The third-order valence-electron chi connectivity index (χ3n) is 2.37. The molecule has 0 aliphatic carbocycles. The van der Waals surface area contributed by atoms with Crippen molar-refractivity contribution in [3.05, 3.63) is 0 Å². The van der Waals surface area contributed by atoms with Crippen LogP contribution in [0.3, 0.4) is 0 Å². The van der Waals surface area contributed by atoms with Gasteiger partial charge in [-0.1, -0.05) is 0 Å². The van der Waals surface area contributed by atoms with Crippen molar-refractivity contribution in [2.75, 3.05) is 19.7 Å². The van der Waals surface area contributed by atoms with Crippen LogP contribution in [-0.4, -0.2) is 42.6 Å². The Balaban J connectivity index is 2.21. The van der Waals surface area contributed by atoms with Gasteiger partial charge in [-0.3, -0.25) is 9.69 Å². The minimum absolute atomic E-state index is 0.0522. The molecule has 76 valence electrons. The zero-order chi connectivity index (χ0) is 9.84. The molecule has 1 aliphatic rings. The van der Waals surface area contributed by atoms with E-state index in [4.69, 9.17) is 10.5 Å². The van der Waals surface area contributed by atoms with Crippen molar-refractivity contribution >= 4 is 5.91 Å². The molecule has 2 N–H and O–H groups in total. The molecule has 1 atom stereocenters. The summed E-state index contributed by atoms with van der Waals surface area (Å²) in [4.78, 5) is 12.8. The fourth-order valence-electron chi connectivity index (χ4n) is 1.56. The summed E-state index contributed by atoms with van der Waals surface area (Å²) in [6, 6.07) is 0.558. The lowest BCUT2D eigenvalue weighted by molar-refractivity contribution is -0.124. The Kier molecular flexibility index (Phi) is 3.69. The largest absolute Gasteiger partial charge is 0.368 e. The van der Waals surface area contributed by atoms with E-state index < -0.39 is 0 Å². The van der Waals surface area contributed by atoms with Crippen molar-refractivity contribution in [2.24, 2.45) is 5.73 Å². The first kappa shape index (κ1) is 10.5. The fraction of sp³-hybridized carbons (Fsp3) is 0.889. The number of amides is 1. The molecule has 1 aliphatic heterocycles. The second-order valence-electron chi connectivity index (χ2n) is 3.78. The monoisotopic (exact) mass is 186 g/mol. The fourth-order valence-corrected chi connectivity index (χ4v) is 1.56. The molecule has 1 amide bonds. The second kappa shape index (κ2) is 4.58. The number of nitrogens with two attached hydrogens (primary N) is 1. The first-order valence-electron chi connectivity index (χ1n) is 4.73. The summed E-state index contributed by atoms with van der Waals surface area (Å²) in [5, 5.41) is 0. The molecule has 1 heterocycles. The van der Waals surface area contributed by atoms with E-state index in [1.165, 1.54) is 0 Å². The molecule has 0 spiro atoms. The molecular weight excluding hydrogens is 168 g/mol. The van der Waals surface area contributed by atoms with Crippen molar-refractivity contribution < 1.29 is 9.53 Å². The summed E-state index contributed by atoms with van der Waals surface area (Å²) in [7, 11) is 0. The van der Waals surface area contributed by atoms with Gasteiger partial charge in [-0.2, -0.15) is 0 Å². The Labute approximate surface area is 79.0 Å². The molecule has 4 nitrogen and oxygen atoms in total. The van der Waals surface area contributed by atoms with Crippen molar-refractivity contribution in [3.63, 3.8) is 0 Å². The molecule has 1 saturated heterocycles. The Hall–Kier alpha value is -0.610. The van der Waals surface area contributed by atoms with Crippen molar-refractivity contribution in [3.8, 4) is 0 Å². The van der Waals surface area contributed by atoms with E-state index >= 15 is 0 Å². The lowest BCUT2D eigenvalue weighted by atomic mass is 10.3. The number of primary amides is 1. The molecule has 13 heavy (non-hydrogen) atoms. The highest BCUT2D eigenvalue weighted by atomic mass is 16.5. The molecule has 0 aromatic carbocycles. The van der Waals surface area contributed by atoms with E-state index in [1.807, 2.05) is 0 Å². The first-order valence-corrected chi connectivity index (χ1v) is 4.73. The van der Waals surface area contributed by atoms with Gasteiger partial charge in [0.2, 0.25) is 5.91 Å². The van der Waals surface area contributed by atoms with Crippen LogP contribution in [0.1, 0.15) is 20.3 Å². The van der Waals surface area contributed by atoms with Crippen LogP contribution in [-0.2, 0) is 9.53 Å². The average Bonchev–Trinajstić information content (AvgIpc) is 2.48. The molecule has 1 unspecified atom stereocenters. The maximum Gasteiger partial charge on any atom is 0.243 e. The van der Waals surface area contributed by atoms with Crippen molar-refractivity contribution in [2.45, 2.75) is 32.4 Å². The normalized spacial score (nSPS) is 24.1. The van der Waals surface area contributed by atoms with E-state index in [0.29, 0.717) is 6.04 Å². The maximum atomic E-state index is 10.5. The maximum absolute atomic E-state index is 10.5. The third kappa shape index (κ3) is 3.32. The number of likely N-dealkylation sites (tertiary alicyclic amines) is 1. The van der Waals surface area contributed by atoms with Gasteiger partial charge < -0.3 is 10.5 Å². The van der Waals surface area contributed by atoms with Gasteiger partial charge in [0.1, 0.15) is 6.61 Å². The Morgan fingerprint density at radius 2 is 2.38 bits per heavy atom. The van der Waals surface area contributed by atoms with E-state index in [1.54, 1.807) is 0 Å². The smallest absolute Gasteiger partial charge is 0.243 e. The van der Waals surface area contributed by atoms with Gasteiger partial charge in [-0.05, 0) is 20.3 Å². The first-order chi connectivity index (χ1) is 6.09. The summed E-state index contributed by atoms with van der Waals surface area (Å²) in [5.41, 5.74) is 4.99. The van der Waals surface area contributed by atoms with E-state index in [2.05, 4.69) is 18.7 Å². The van der Waals surface area contributed by atoms with E-state index in [-0.39, 0.29) is 18.6 Å². The average molecular weight is 186 g/mol. The molecule has 0 aromatic rings. The SMILES string of the molecule is CC(C)N1CCC(OCC(N)=O)C1. The number of hydrogen-bond acceptors (Lipinski definition) is 3. The summed E-state index contributed by atoms with van der Waals surface area (Å²) in [5.74, 6) is -0.386. The van der Waals surface area contributed by atoms with Crippen molar-refractivity contribution in [1.82, 2.24) is 4.90 Å². The minimum Gasteiger partial charge on any atom is -0.368 e. The highest BCUT2D eigenvalue weighted by Crippen LogP contribution is 2.14. The minimum atomic E-state index is -0.386. The Morgan fingerprint density at radius 3 is 2.85 bits per heavy atom. The third-order valence-corrected chi connectivity index (χ3v) is 2.37. The molecular formula is C9H18N2O2. The van der Waals surface area contributed by atoms with Gasteiger partial charge in [-0.15, -0.1) is 0 Å². The molecule has 1 fully saturated rings. The second-order valence-corrected chi connectivity index (χ2v) is 3.78. The Bertz CT molecular complexity index is 182. The van der Waals surface area contributed by atoms with E-state index in [0.717, 1.165) is 19.5 Å². The number of hydrogen-bond donors (Lipinski definition) is 1. The highest BCUT2D eigenvalue weighted by molar-refractivity contribution is 5.75. The molecule has 0 radical (unpaired) electrons. The Morgan fingerprint density at radius 1 is 1.69 bits per heavy atom. The zero-order valence-corrected chi connectivity index (χ0v) is 8.32. The summed E-state index contributed by atoms with van der Waals surface area (Å²) < 4.78 is 5.33. The molecule has 4 heteroatoms. The zero-order valence-electron chi connectivity index (χ0n) is 8.32. The molecule has 0 aromatic heterocycles. The lowest BCUT2D eigenvalue weighted by Gasteiger charge is -2.19. The standard InChI is InChI=1S/C9H18N2O2/c1-7(2)11-4-3-8(5-11)13-6-9(10)12/h7-8H,3-6H2,1-2H3,(H2,10,12). The van der Waals surface area contributed by atoms with Gasteiger partial charge in [0.25, 0.3) is 0 Å². The van der Waals surface area contributed by atoms with Crippen LogP contribution in [0.25, 0.3) is 0 Å². The predicted octanol–water partition coefficient (Wildman–Crippen LogP) is -0.0290. The predicted molar refractivity (Wildman–Crippen MR) is 50.3 cm³/mol. The molecule has 0 saturated carbocycles. The van der Waals surface area contributed by atoms with Crippen molar-refractivity contribution in [1.29, 1.82) is 0 Å². The topological polar surface area (TPSA) is 55.6 Å². The number of rotatable bonds is 4. The quantitative estimate of drug-likeness (QED) is 0.671. The number of carbonyl (C=O) groups excluding carboxylic acids is 1. The lowest BCUT2D eigenvalue weighted by Crippen LogP contribution is -2.31. The van der Waals surface area contributed by atoms with Crippen LogP contribution in [0, 0.1) is 0 Å². The van der Waals surface area contributed by atoms with Crippen LogP contribution in [0.15, 0.2) is 0 Å². The molecule has 0 bridgehead atoms. The van der Waals surface area contributed by atoms with Crippen LogP contribution in [0.5, 0.6) is 0 Å². The summed E-state index contributed by atoms with van der Waals surface area (Å²) in [6.07, 6.45) is 1.20. The summed E-state index contributed by atoms with van der Waals surface area (Å²) in [6.45, 7) is 6.36. The number of carbonyl (C=O) groups is 1. The van der Waals surface area contributed by atoms with Crippen LogP contribution < -0.4 is 5.73 Å². The van der Waals surface area contributed by atoms with Gasteiger partial charge in [-0.25, -0.2) is 0 Å². The van der Waals surface area contributed by atoms with Gasteiger partial charge >= 0.3 is 0 Å². The summed E-state index contributed by atoms with van der Waals surface area (Å²) >= 11 is 0. The van der Waals surface area contributed by atoms with Crippen LogP contribution in [0.2, 0.25) is 0 Å². The highest BCUT2D eigenvalue weighted by Gasteiger charge is 2.24. The number of ether oxygens (including phenoxy) is 1. The van der Waals surface area contributed by atoms with Crippen LogP contribution in [0.4, 0.5) is 0 Å². The van der Waals surface area contributed by atoms with Gasteiger partial charge in [0.15, 0.2) is 0 Å². The van der Waals surface area contributed by atoms with Crippen LogP contribution >= 0.6 is 0 Å². The molecule has 1 rings (SSSR count). The number of nitrogens with zero attached hydrogens (tertiary/aromatic N) is 1. The van der Waals surface area contributed by atoms with E-state index in [9.17, 15) is 4.79 Å². The van der Waals surface area contributed by atoms with Gasteiger partial charge in [0, 0.05) is 19.1 Å². The van der Waals surface area contributed by atoms with Gasteiger partial charge in [0.05, 0.1) is 6.10 Å².